The zero-order valence-electron chi connectivity index (χ0n) is 10.4. The van der Waals surface area contributed by atoms with Crippen molar-refractivity contribution in [2.75, 3.05) is 11.1 Å². The van der Waals surface area contributed by atoms with Crippen LogP contribution in [0.15, 0.2) is 30.6 Å². The normalized spacial score (nSPS) is 10.2. The van der Waals surface area contributed by atoms with Gasteiger partial charge in [0.25, 0.3) is 0 Å². The molecule has 0 unspecified atom stereocenters. The summed E-state index contributed by atoms with van der Waals surface area (Å²) in [5.41, 5.74) is 8.36. The van der Waals surface area contributed by atoms with Gasteiger partial charge in [-0.05, 0) is 25.1 Å². The lowest BCUT2D eigenvalue weighted by Crippen LogP contribution is -2.08. The average Bonchev–Trinajstić information content (AvgIpc) is 2.38. The number of nitrogens with two attached hydrogens (primary N) is 1. The van der Waals surface area contributed by atoms with Gasteiger partial charge >= 0.3 is 5.97 Å². The fraction of sp³-hybridized carbons (Fsp3) is 0.154. The number of aryl methyl sites for hydroxylation is 1. The number of aromatic carboxylic acids is 1. The van der Waals surface area contributed by atoms with Gasteiger partial charge in [-0.1, -0.05) is 0 Å². The molecule has 0 aliphatic heterocycles. The van der Waals surface area contributed by atoms with Crippen LogP contribution in [0.1, 0.15) is 21.7 Å². The van der Waals surface area contributed by atoms with E-state index in [9.17, 15) is 4.79 Å². The molecular weight excluding hydrogens is 244 g/mol. The van der Waals surface area contributed by atoms with E-state index in [4.69, 9.17) is 10.8 Å². The molecule has 1 aromatic heterocycles. The van der Waals surface area contributed by atoms with Crippen molar-refractivity contribution in [1.82, 2.24) is 9.97 Å². The number of carboxylic acid groups (broad SMARTS) is 1. The first-order chi connectivity index (χ1) is 9.06. The number of carbonyl (C=O) groups is 1. The third-order valence-corrected chi connectivity index (χ3v) is 2.57. The van der Waals surface area contributed by atoms with Crippen molar-refractivity contribution in [1.29, 1.82) is 0 Å². The molecule has 4 N–H and O–H groups in total. The number of benzene rings is 1. The SMILES string of the molecule is Cc1cnc(CNc2cc(N)ccc2C(=O)O)cn1. The van der Waals surface area contributed by atoms with Crippen LogP contribution in [0.4, 0.5) is 11.4 Å². The molecular formula is C13H14N4O2. The van der Waals surface area contributed by atoms with Crippen LogP contribution in [-0.2, 0) is 6.54 Å². The van der Waals surface area contributed by atoms with E-state index in [0.717, 1.165) is 11.4 Å². The minimum atomic E-state index is -1.00. The molecule has 0 amide bonds. The maximum absolute atomic E-state index is 11.1. The van der Waals surface area contributed by atoms with Crippen LogP contribution in [0.2, 0.25) is 0 Å². The lowest BCUT2D eigenvalue weighted by atomic mass is 10.1. The predicted octanol–water partition coefficient (Wildman–Crippen LogP) is 1.68. The summed E-state index contributed by atoms with van der Waals surface area (Å²) in [5, 5.41) is 12.1. The number of hydrogen-bond donors (Lipinski definition) is 3. The quantitative estimate of drug-likeness (QED) is 0.721. The van der Waals surface area contributed by atoms with Crippen LogP contribution < -0.4 is 11.1 Å². The van der Waals surface area contributed by atoms with Gasteiger partial charge in [0, 0.05) is 11.9 Å². The molecule has 0 radical (unpaired) electrons. The summed E-state index contributed by atoms with van der Waals surface area (Å²) in [7, 11) is 0. The van der Waals surface area contributed by atoms with Crippen molar-refractivity contribution in [2.45, 2.75) is 13.5 Å². The summed E-state index contributed by atoms with van der Waals surface area (Å²) in [5.74, 6) is -1.00. The molecule has 0 fully saturated rings. The molecule has 98 valence electrons. The first kappa shape index (κ1) is 12.8. The zero-order chi connectivity index (χ0) is 13.8. The minimum Gasteiger partial charge on any atom is -0.478 e. The molecule has 1 heterocycles. The second kappa shape index (κ2) is 5.34. The van der Waals surface area contributed by atoms with Crippen LogP contribution in [0, 0.1) is 6.92 Å². The third-order valence-electron chi connectivity index (χ3n) is 2.57. The third kappa shape index (κ3) is 3.19. The van der Waals surface area contributed by atoms with Gasteiger partial charge in [-0.3, -0.25) is 9.97 Å². The van der Waals surface area contributed by atoms with Gasteiger partial charge in [-0.25, -0.2) is 4.79 Å². The molecule has 0 saturated carbocycles. The van der Waals surface area contributed by atoms with Crippen LogP contribution in [0.25, 0.3) is 0 Å². The average molecular weight is 258 g/mol. The lowest BCUT2D eigenvalue weighted by Gasteiger charge is -2.10. The number of hydrogen-bond acceptors (Lipinski definition) is 5. The number of nitrogens with zero attached hydrogens (tertiary/aromatic N) is 2. The van der Waals surface area contributed by atoms with Crippen LogP contribution >= 0.6 is 0 Å². The topological polar surface area (TPSA) is 101 Å². The highest BCUT2D eigenvalue weighted by molar-refractivity contribution is 5.95. The molecule has 0 bridgehead atoms. The molecule has 0 saturated heterocycles. The van der Waals surface area contributed by atoms with E-state index < -0.39 is 5.97 Å². The summed E-state index contributed by atoms with van der Waals surface area (Å²) >= 11 is 0. The van der Waals surface area contributed by atoms with E-state index in [-0.39, 0.29) is 5.56 Å². The number of aromatic nitrogens is 2. The largest absolute Gasteiger partial charge is 0.478 e. The Morgan fingerprint density at radius 2 is 2.16 bits per heavy atom. The van der Waals surface area contributed by atoms with E-state index in [2.05, 4.69) is 15.3 Å². The molecule has 6 heteroatoms. The van der Waals surface area contributed by atoms with Crippen molar-refractivity contribution < 1.29 is 9.90 Å². The molecule has 0 atom stereocenters. The Morgan fingerprint density at radius 3 is 2.79 bits per heavy atom. The molecule has 0 spiro atoms. The first-order valence-electron chi connectivity index (χ1n) is 5.70. The summed E-state index contributed by atoms with van der Waals surface area (Å²) in [6, 6.07) is 4.62. The van der Waals surface area contributed by atoms with E-state index >= 15 is 0 Å². The lowest BCUT2D eigenvalue weighted by molar-refractivity contribution is 0.0698. The number of nitrogens with one attached hydrogen (secondary N) is 1. The van der Waals surface area contributed by atoms with Gasteiger partial charge in [-0.2, -0.15) is 0 Å². The van der Waals surface area contributed by atoms with Gasteiger partial charge in [0.1, 0.15) is 0 Å². The zero-order valence-corrected chi connectivity index (χ0v) is 10.4. The Morgan fingerprint density at radius 1 is 1.37 bits per heavy atom. The van der Waals surface area contributed by atoms with Crippen molar-refractivity contribution in [3.63, 3.8) is 0 Å². The molecule has 2 aromatic rings. The second-order valence-electron chi connectivity index (χ2n) is 4.11. The first-order valence-corrected chi connectivity index (χ1v) is 5.70. The Kier molecular flexibility index (Phi) is 3.61. The van der Waals surface area contributed by atoms with Gasteiger partial charge in [0.05, 0.1) is 35.4 Å². The van der Waals surface area contributed by atoms with Gasteiger partial charge in [-0.15, -0.1) is 0 Å². The monoisotopic (exact) mass is 258 g/mol. The van der Waals surface area contributed by atoms with Gasteiger partial charge in [0.15, 0.2) is 0 Å². The van der Waals surface area contributed by atoms with Crippen molar-refractivity contribution in [3.8, 4) is 0 Å². The summed E-state index contributed by atoms with van der Waals surface area (Å²) in [6.45, 7) is 2.24. The van der Waals surface area contributed by atoms with Crippen LogP contribution in [-0.4, -0.2) is 21.0 Å². The molecule has 19 heavy (non-hydrogen) atoms. The Labute approximate surface area is 110 Å². The summed E-state index contributed by atoms with van der Waals surface area (Å²) in [4.78, 5) is 19.4. The standard InChI is InChI=1S/C13H14N4O2/c1-8-5-16-10(6-15-8)7-17-12-4-9(14)2-3-11(12)13(18)19/h2-6,17H,7,14H2,1H3,(H,18,19). The second-order valence-corrected chi connectivity index (χ2v) is 4.11. The molecule has 0 aliphatic carbocycles. The fourth-order valence-electron chi connectivity index (χ4n) is 1.59. The highest BCUT2D eigenvalue weighted by atomic mass is 16.4. The molecule has 2 rings (SSSR count). The maximum atomic E-state index is 11.1. The predicted molar refractivity (Wildman–Crippen MR) is 71.9 cm³/mol. The number of carboxylic acids is 1. The highest BCUT2D eigenvalue weighted by Gasteiger charge is 2.10. The van der Waals surface area contributed by atoms with Crippen LogP contribution in [0.3, 0.4) is 0 Å². The fourth-order valence-corrected chi connectivity index (χ4v) is 1.59. The van der Waals surface area contributed by atoms with Crippen molar-refractivity contribution in [3.05, 3.63) is 47.5 Å². The Balaban J connectivity index is 2.16. The summed E-state index contributed by atoms with van der Waals surface area (Å²) < 4.78 is 0. The van der Waals surface area contributed by atoms with E-state index in [1.54, 1.807) is 24.5 Å². The Bertz CT molecular complexity index is 596. The van der Waals surface area contributed by atoms with Crippen molar-refractivity contribution >= 4 is 17.3 Å². The molecule has 0 aliphatic rings. The molecule has 6 nitrogen and oxygen atoms in total. The van der Waals surface area contributed by atoms with E-state index in [1.807, 2.05) is 6.92 Å². The minimum absolute atomic E-state index is 0.175. The molecule has 1 aromatic carbocycles. The maximum Gasteiger partial charge on any atom is 0.337 e. The summed E-state index contributed by atoms with van der Waals surface area (Å²) in [6.07, 6.45) is 3.31. The number of anilines is 2. The smallest absolute Gasteiger partial charge is 0.337 e. The van der Waals surface area contributed by atoms with E-state index in [0.29, 0.717) is 17.9 Å². The van der Waals surface area contributed by atoms with Crippen molar-refractivity contribution in [2.24, 2.45) is 0 Å². The Hall–Kier alpha value is -2.63. The van der Waals surface area contributed by atoms with Gasteiger partial charge in [0.2, 0.25) is 0 Å². The van der Waals surface area contributed by atoms with E-state index in [1.165, 1.54) is 6.07 Å². The number of rotatable bonds is 4. The number of nitrogen functional groups attached to an aromatic ring is 1. The van der Waals surface area contributed by atoms with Gasteiger partial charge < -0.3 is 16.2 Å². The van der Waals surface area contributed by atoms with Crippen LogP contribution in [0.5, 0.6) is 0 Å². The highest BCUT2D eigenvalue weighted by Crippen LogP contribution is 2.19.